The number of aromatic nitrogens is 2. The number of ether oxygens (including phenoxy) is 1. The first-order chi connectivity index (χ1) is 11.8. The zero-order chi connectivity index (χ0) is 16.6. The van der Waals surface area contributed by atoms with Gasteiger partial charge >= 0.3 is 0 Å². The van der Waals surface area contributed by atoms with Crippen LogP contribution in [-0.2, 0) is 17.8 Å². The molecule has 3 rings (SSSR count). The molecular formula is C18H24N4O2. The second-order valence-electron chi connectivity index (χ2n) is 6.00. The monoisotopic (exact) mass is 328 g/mol. The van der Waals surface area contributed by atoms with Crippen LogP contribution in [0.15, 0.2) is 43.0 Å². The van der Waals surface area contributed by atoms with Gasteiger partial charge in [-0.15, -0.1) is 0 Å². The summed E-state index contributed by atoms with van der Waals surface area (Å²) in [5, 5.41) is 2.96. The van der Waals surface area contributed by atoms with Crippen molar-refractivity contribution in [3.63, 3.8) is 0 Å². The van der Waals surface area contributed by atoms with Gasteiger partial charge in [-0.2, -0.15) is 0 Å². The van der Waals surface area contributed by atoms with E-state index in [-0.39, 0.29) is 5.91 Å². The van der Waals surface area contributed by atoms with Crippen molar-refractivity contribution in [2.24, 2.45) is 0 Å². The molecule has 0 aliphatic carbocycles. The van der Waals surface area contributed by atoms with Crippen LogP contribution in [0.5, 0.6) is 0 Å². The lowest BCUT2D eigenvalue weighted by Crippen LogP contribution is -2.35. The van der Waals surface area contributed by atoms with Crippen LogP contribution in [0.2, 0.25) is 0 Å². The van der Waals surface area contributed by atoms with Crippen molar-refractivity contribution in [2.45, 2.75) is 19.5 Å². The van der Waals surface area contributed by atoms with Gasteiger partial charge in [-0.05, 0) is 24.1 Å². The van der Waals surface area contributed by atoms with Gasteiger partial charge in [0.25, 0.3) is 5.91 Å². The van der Waals surface area contributed by atoms with Crippen LogP contribution in [0.25, 0.3) is 0 Å². The summed E-state index contributed by atoms with van der Waals surface area (Å²) in [6.07, 6.45) is 6.36. The molecule has 2 aromatic rings. The smallest absolute Gasteiger partial charge is 0.251 e. The molecule has 1 fully saturated rings. The highest BCUT2D eigenvalue weighted by atomic mass is 16.5. The summed E-state index contributed by atoms with van der Waals surface area (Å²) in [4.78, 5) is 18.5. The number of carbonyl (C=O) groups is 1. The van der Waals surface area contributed by atoms with Crippen LogP contribution in [0, 0.1) is 0 Å². The van der Waals surface area contributed by atoms with Crippen LogP contribution in [0.1, 0.15) is 22.3 Å². The minimum Gasteiger partial charge on any atom is -0.379 e. The zero-order valence-corrected chi connectivity index (χ0v) is 13.9. The molecular weight excluding hydrogens is 304 g/mol. The maximum atomic E-state index is 12.2. The number of carbonyl (C=O) groups excluding carboxylic acids is 1. The number of morpholine rings is 1. The number of amides is 1. The topological polar surface area (TPSA) is 59.4 Å². The number of imidazole rings is 1. The Bertz CT molecular complexity index is 619. The molecule has 128 valence electrons. The molecule has 0 bridgehead atoms. The minimum atomic E-state index is -0.0152. The van der Waals surface area contributed by atoms with Crippen molar-refractivity contribution in [3.05, 3.63) is 54.1 Å². The van der Waals surface area contributed by atoms with Gasteiger partial charge in [-0.1, -0.05) is 12.1 Å². The number of benzene rings is 1. The van der Waals surface area contributed by atoms with E-state index in [1.165, 1.54) is 5.56 Å². The molecule has 0 unspecified atom stereocenters. The van der Waals surface area contributed by atoms with Crippen molar-refractivity contribution in [1.29, 1.82) is 0 Å². The Hall–Kier alpha value is -2.18. The SMILES string of the molecule is O=C(NCCCn1ccnc1)c1ccc(CN2CCOCC2)cc1. The van der Waals surface area contributed by atoms with Crippen molar-refractivity contribution in [1.82, 2.24) is 19.8 Å². The Morgan fingerprint density at radius 1 is 1.21 bits per heavy atom. The van der Waals surface area contributed by atoms with Crippen LogP contribution in [0.3, 0.4) is 0 Å². The molecule has 1 aromatic heterocycles. The lowest BCUT2D eigenvalue weighted by Gasteiger charge is -2.26. The fourth-order valence-corrected chi connectivity index (χ4v) is 2.76. The number of rotatable bonds is 7. The Morgan fingerprint density at radius 2 is 2.00 bits per heavy atom. The van der Waals surface area contributed by atoms with Crippen LogP contribution in [-0.4, -0.2) is 53.2 Å². The lowest BCUT2D eigenvalue weighted by molar-refractivity contribution is 0.0342. The van der Waals surface area contributed by atoms with E-state index < -0.39 is 0 Å². The Morgan fingerprint density at radius 3 is 2.71 bits per heavy atom. The fraction of sp³-hybridized carbons (Fsp3) is 0.444. The van der Waals surface area contributed by atoms with E-state index in [1.54, 1.807) is 12.5 Å². The lowest BCUT2D eigenvalue weighted by atomic mass is 10.1. The van der Waals surface area contributed by atoms with Crippen LogP contribution < -0.4 is 5.32 Å². The van der Waals surface area contributed by atoms with Gasteiger partial charge in [0.05, 0.1) is 19.5 Å². The summed E-state index contributed by atoms with van der Waals surface area (Å²) in [6.45, 7) is 5.99. The third-order valence-corrected chi connectivity index (χ3v) is 4.16. The summed E-state index contributed by atoms with van der Waals surface area (Å²) in [5.74, 6) is -0.0152. The second kappa shape index (κ2) is 8.61. The summed E-state index contributed by atoms with van der Waals surface area (Å²) >= 11 is 0. The molecule has 2 heterocycles. The Kier molecular flexibility index (Phi) is 5.98. The molecule has 0 atom stereocenters. The summed E-state index contributed by atoms with van der Waals surface area (Å²) in [7, 11) is 0. The largest absolute Gasteiger partial charge is 0.379 e. The second-order valence-corrected chi connectivity index (χ2v) is 6.00. The van der Waals surface area contributed by atoms with Gasteiger partial charge in [-0.3, -0.25) is 9.69 Å². The summed E-state index contributed by atoms with van der Waals surface area (Å²) in [6, 6.07) is 7.88. The van der Waals surface area contributed by atoms with Crippen molar-refractivity contribution in [3.8, 4) is 0 Å². The molecule has 6 nitrogen and oxygen atoms in total. The highest BCUT2D eigenvalue weighted by molar-refractivity contribution is 5.94. The predicted octanol–water partition coefficient (Wildman–Crippen LogP) is 1.54. The maximum Gasteiger partial charge on any atom is 0.251 e. The van der Waals surface area contributed by atoms with E-state index in [9.17, 15) is 4.79 Å². The van der Waals surface area contributed by atoms with Crippen LogP contribution >= 0.6 is 0 Å². The average molecular weight is 328 g/mol. The third-order valence-electron chi connectivity index (χ3n) is 4.16. The summed E-state index contributed by atoms with van der Waals surface area (Å²) in [5.41, 5.74) is 1.94. The van der Waals surface area contributed by atoms with Crippen LogP contribution in [0.4, 0.5) is 0 Å². The number of nitrogens with one attached hydrogen (secondary N) is 1. The van der Waals surface area contributed by atoms with Gasteiger partial charge in [0, 0.05) is 50.7 Å². The van der Waals surface area contributed by atoms with Gasteiger partial charge in [0.15, 0.2) is 0 Å². The normalized spacial score (nSPS) is 15.3. The molecule has 1 aromatic carbocycles. The molecule has 1 aliphatic rings. The molecule has 1 aliphatic heterocycles. The molecule has 1 amide bonds. The van der Waals surface area contributed by atoms with E-state index in [2.05, 4.69) is 15.2 Å². The standard InChI is InChI=1S/C18H24N4O2/c23-18(20-6-1-8-22-9-7-19-15-22)17-4-2-16(3-5-17)14-21-10-12-24-13-11-21/h2-5,7,9,15H,1,6,8,10-14H2,(H,20,23). The van der Waals surface area contributed by atoms with Gasteiger partial charge in [0.1, 0.15) is 0 Å². The maximum absolute atomic E-state index is 12.2. The van der Waals surface area contributed by atoms with E-state index in [0.717, 1.165) is 45.8 Å². The predicted molar refractivity (Wildman–Crippen MR) is 91.7 cm³/mol. The minimum absolute atomic E-state index is 0.0152. The Balaban J connectivity index is 1.41. The highest BCUT2D eigenvalue weighted by Gasteiger charge is 2.11. The van der Waals surface area contributed by atoms with Gasteiger partial charge in [-0.25, -0.2) is 4.98 Å². The van der Waals surface area contributed by atoms with E-state index >= 15 is 0 Å². The van der Waals surface area contributed by atoms with E-state index in [1.807, 2.05) is 35.0 Å². The number of aryl methyl sites for hydroxylation is 1. The molecule has 0 radical (unpaired) electrons. The first kappa shape index (κ1) is 16.7. The van der Waals surface area contributed by atoms with Gasteiger partial charge in [0.2, 0.25) is 0 Å². The summed E-state index contributed by atoms with van der Waals surface area (Å²) < 4.78 is 7.37. The number of nitrogens with zero attached hydrogens (tertiary/aromatic N) is 3. The number of hydrogen-bond donors (Lipinski definition) is 1. The van der Waals surface area contributed by atoms with Crippen molar-refractivity contribution >= 4 is 5.91 Å². The molecule has 6 heteroatoms. The molecule has 24 heavy (non-hydrogen) atoms. The third kappa shape index (κ3) is 4.91. The average Bonchev–Trinajstić information content (AvgIpc) is 3.13. The van der Waals surface area contributed by atoms with E-state index in [4.69, 9.17) is 4.74 Å². The fourth-order valence-electron chi connectivity index (χ4n) is 2.76. The van der Waals surface area contributed by atoms with E-state index in [0.29, 0.717) is 12.1 Å². The molecule has 0 saturated carbocycles. The molecule has 1 N–H and O–H groups in total. The van der Waals surface area contributed by atoms with Gasteiger partial charge < -0.3 is 14.6 Å². The highest BCUT2D eigenvalue weighted by Crippen LogP contribution is 2.09. The molecule has 1 saturated heterocycles. The zero-order valence-electron chi connectivity index (χ0n) is 13.9. The first-order valence-electron chi connectivity index (χ1n) is 8.44. The number of hydrogen-bond acceptors (Lipinski definition) is 4. The van der Waals surface area contributed by atoms with Crippen molar-refractivity contribution < 1.29 is 9.53 Å². The quantitative estimate of drug-likeness (QED) is 0.783. The molecule has 0 spiro atoms. The first-order valence-corrected chi connectivity index (χ1v) is 8.44. The Labute approximate surface area is 142 Å². The van der Waals surface area contributed by atoms with Crippen molar-refractivity contribution in [2.75, 3.05) is 32.8 Å².